The number of methoxy groups -OCH3 is 1. The summed E-state index contributed by atoms with van der Waals surface area (Å²) in [5.41, 5.74) is 10.3. The van der Waals surface area contributed by atoms with Gasteiger partial charge in [0.1, 0.15) is 11.3 Å². The Balaban J connectivity index is 1.42. The number of H-pyrrole nitrogens is 1. The van der Waals surface area contributed by atoms with Gasteiger partial charge in [-0.15, -0.1) is 0 Å². The monoisotopic (exact) mass is 434 g/mol. The van der Waals surface area contributed by atoms with Crippen LogP contribution < -0.4 is 15.4 Å². The number of anilines is 1. The molecule has 158 valence electrons. The molecular weight excluding hydrogens is 412 g/mol. The fourth-order valence-corrected chi connectivity index (χ4v) is 5.58. The Morgan fingerprint density at radius 1 is 1.06 bits per heavy atom. The third-order valence-corrected chi connectivity index (χ3v) is 7.06. The predicted octanol–water partition coefficient (Wildman–Crippen LogP) is 4.29. The highest BCUT2D eigenvalue weighted by Crippen LogP contribution is 2.40. The summed E-state index contributed by atoms with van der Waals surface area (Å²) in [6, 6.07) is 9.03. The molecule has 3 N–H and O–H groups in total. The van der Waals surface area contributed by atoms with E-state index < -0.39 is 0 Å². The van der Waals surface area contributed by atoms with Crippen molar-refractivity contribution in [3.05, 3.63) is 41.7 Å². The van der Waals surface area contributed by atoms with Crippen LogP contribution in [-0.2, 0) is 0 Å². The van der Waals surface area contributed by atoms with Crippen LogP contribution in [0.5, 0.6) is 5.88 Å². The van der Waals surface area contributed by atoms with Crippen molar-refractivity contribution >= 4 is 39.5 Å². The molecule has 2 bridgehead atoms. The van der Waals surface area contributed by atoms with Gasteiger partial charge in [-0.05, 0) is 31.7 Å². The molecule has 0 spiro atoms. The molecule has 6 rings (SSSR count). The number of fused-ring (bicyclic) bond motifs is 4. The number of hydrogen-bond donors (Lipinski definition) is 2. The molecule has 0 radical (unpaired) electrons. The quantitative estimate of drug-likeness (QED) is 0.499. The van der Waals surface area contributed by atoms with Crippen LogP contribution in [0.3, 0.4) is 0 Å². The fraction of sp³-hybridized carbons (Fsp3) is 0.348. The number of benzene rings is 1. The van der Waals surface area contributed by atoms with Gasteiger partial charge in [-0.1, -0.05) is 23.7 Å². The zero-order valence-corrected chi connectivity index (χ0v) is 17.9. The van der Waals surface area contributed by atoms with Crippen LogP contribution in [-0.4, -0.2) is 45.2 Å². The van der Waals surface area contributed by atoms with E-state index in [1.54, 1.807) is 7.11 Å². The lowest BCUT2D eigenvalue weighted by Gasteiger charge is -2.38. The van der Waals surface area contributed by atoms with Crippen molar-refractivity contribution in [1.82, 2.24) is 19.9 Å². The molecule has 31 heavy (non-hydrogen) atoms. The Labute approximate surface area is 184 Å². The first kappa shape index (κ1) is 18.8. The summed E-state index contributed by atoms with van der Waals surface area (Å²) in [6.07, 6.45) is 8.21. The van der Waals surface area contributed by atoms with Crippen LogP contribution in [0.1, 0.15) is 25.7 Å². The molecule has 0 saturated carbocycles. The highest BCUT2D eigenvalue weighted by atomic mass is 35.5. The van der Waals surface area contributed by atoms with Gasteiger partial charge >= 0.3 is 0 Å². The van der Waals surface area contributed by atoms with Gasteiger partial charge in [-0.3, -0.25) is 0 Å². The molecule has 2 aliphatic heterocycles. The van der Waals surface area contributed by atoms with Crippen molar-refractivity contribution in [2.24, 2.45) is 5.73 Å². The van der Waals surface area contributed by atoms with Gasteiger partial charge in [0.05, 0.1) is 23.8 Å². The van der Waals surface area contributed by atoms with Gasteiger partial charge in [-0.25, -0.2) is 15.0 Å². The van der Waals surface area contributed by atoms with Gasteiger partial charge in [0.15, 0.2) is 5.65 Å². The predicted molar refractivity (Wildman–Crippen MR) is 123 cm³/mol. The fourth-order valence-electron chi connectivity index (χ4n) is 5.27. The van der Waals surface area contributed by atoms with Gasteiger partial charge in [0, 0.05) is 46.9 Å². The van der Waals surface area contributed by atoms with E-state index in [0.717, 1.165) is 46.3 Å². The van der Waals surface area contributed by atoms with E-state index in [2.05, 4.69) is 14.9 Å². The van der Waals surface area contributed by atoms with E-state index in [-0.39, 0.29) is 0 Å². The van der Waals surface area contributed by atoms with Gasteiger partial charge in [0.2, 0.25) is 5.88 Å². The highest BCUT2D eigenvalue weighted by Gasteiger charge is 2.40. The average molecular weight is 435 g/mol. The van der Waals surface area contributed by atoms with Crippen LogP contribution in [0.4, 0.5) is 5.82 Å². The third-order valence-electron chi connectivity index (χ3n) is 6.68. The summed E-state index contributed by atoms with van der Waals surface area (Å²) in [7, 11) is 1.60. The van der Waals surface area contributed by atoms with E-state index >= 15 is 0 Å². The van der Waals surface area contributed by atoms with Gasteiger partial charge in [-0.2, -0.15) is 0 Å². The summed E-state index contributed by atoms with van der Waals surface area (Å²) in [4.78, 5) is 20.0. The number of aromatic amines is 1. The largest absolute Gasteiger partial charge is 0.481 e. The van der Waals surface area contributed by atoms with Crippen molar-refractivity contribution in [2.75, 3.05) is 12.0 Å². The number of hydrogen-bond acceptors (Lipinski definition) is 6. The Kier molecular flexibility index (Phi) is 4.30. The summed E-state index contributed by atoms with van der Waals surface area (Å²) >= 11 is 6.78. The number of ether oxygens (including phenoxy) is 1. The van der Waals surface area contributed by atoms with E-state index in [4.69, 9.17) is 32.0 Å². The molecule has 2 fully saturated rings. The summed E-state index contributed by atoms with van der Waals surface area (Å²) in [5.74, 6) is 1.46. The third kappa shape index (κ3) is 2.95. The molecular formula is C23H23ClN6O. The molecule has 0 amide bonds. The first-order valence-corrected chi connectivity index (χ1v) is 11.0. The molecule has 7 nitrogen and oxygen atoms in total. The number of nitrogens with two attached hydrogens (primary N) is 1. The smallest absolute Gasteiger partial charge is 0.213 e. The van der Waals surface area contributed by atoms with Gasteiger partial charge in [0.25, 0.3) is 0 Å². The van der Waals surface area contributed by atoms with E-state index in [0.29, 0.717) is 34.5 Å². The molecule has 2 aliphatic rings. The standard InChI is InChI=1S/C23H23ClN6O/c1-31-19-7-3-12-2-6-16(20(24)21(12)29-19)17-10-27-23-22(17)26-11-18(28-23)30-14-4-5-15(30)9-13(25)8-14/h2-3,6-7,10-11,13-15H,4-5,8-9,25H2,1H3,(H,27,28). The van der Waals surface area contributed by atoms with Crippen LogP contribution >= 0.6 is 11.6 Å². The minimum absolute atomic E-state index is 0.296. The summed E-state index contributed by atoms with van der Waals surface area (Å²) in [6.45, 7) is 0. The molecule has 0 aliphatic carbocycles. The minimum atomic E-state index is 0.296. The van der Waals surface area contributed by atoms with Crippen LogP contribution in [0.25, 0.3) is 33.2 Å². The lowest BCUT2D eigenvalue weighted by atomic mass is 9.98. The average Bonchev–Trinajstić information content (AvgIpc) is 3.32. The number of halogens is 1. The molecule has 5 heterocycles. The Bertz CT molecular complexity index is 1290. The topological polar surface area (TPSA) is 93.0 Å². The molecule has 2 atom stereocenters. The maximum atomic E-state index is 6.78. The van der Waals surface area contributed by atoms with E-state index in [9.17, 15) is 0 Å². The first-order chi connectivity index (χ1) is 15.1. The number of rotatable bonds is 3. The second kappa shape index (κ2) is 7.07. The number of nitrogens with zero attached hydrogens (tertiary/aromatic N) is 4. The molecule has 8 heteroatoms. The summed E-state index contributed by atoms with van der Waals surface area (Å²) in [5, 5.41) is 1.53. The van der Waals surface area contributed by atoms with E-state index in [1.165, 1.54) is 12.8 Å². The summed E-state index contributed by atoms with van der Waals surface area (Å²) < 4.78 is 5.27. The lowest BCUT2D eigenvalue weighted by Crippen LogP contribution is -2.47. The Morgan fingerprint density at radius 3 is 2.61 bits per heavy atom. The molecule has 2 saturated heterocycles. The van der Waals surface area contributed by atoms with Crippen LogP contribution in [0.2, 0.25) is 5.02 Å². The Morgan fingerprint density at radius 2 is 1.84 bits per heavy atom. The zero-order valence-electron chi connectivity index (χ0n) is 17.2. The zero-order chi connectivity index (χ0) is 21.1. The SMILES string of the molecule is COc1ccc2ccc(-c3c[nH]c4nc(N5C6CCC5CC(N)C6)cnc34)c(Cl)c2n1. The molecule has 4 aromatic rings. The minimum Gasteiger partial charge on any atom is -0.481 e. The maximum absolute atomic E-state index is 6.78. The number of nitrogens with one attached hydrogen (secondary N) is 1. The van der Waals surface area contributed by atoms with Crippen molar-refractivity contribution in [3.63, 3.8) is 0 Å². The number of piperidine rings is 1. The number of pyridine rings is 1. The molecule has 1 aromatic carbocycles. The normalized spacial score (nSPS) is 23.1. The van der Waals surface area contributed by atoms with Crippen molar-refractivity contribution in [3.8, 4) is 17.0 Å². The van der Waals surface area contributed by atoms with Crippen molar-refractivity contribution in [1.29, 1.82) is 0 Å². The highest BCUT2D eigenvalue weighted by molar-refractivity contribution is 6.38. The molecule has 2 unspecified atom stereocenters. The van der Waals surface area contributed by atoms with E-state index in [1.807, 2.05) is 36.7 Å². The van der Waals surface area contributed by atoms with Crippen LogP contribution in [0, 0.1) is 0 Å². The van der Waals surface area contributed by atoms with Crippen molar-refractivity contribution in [2.45, 2.75) is 43.8 Å². The Hall–Kier alpha value is -2.90. The number of aromatic nitrogens is 4. The second-order valence-corrected chi connectivity index (χ2v) is 8.88. The second-order valence-electron chi connectivity index (χ2n) is 8.50. The maximum Gasteiger partial charge on any atom is 0.213 e. The van der Waals surface area contributed by atoms with Crippen LogP contribution in [0.15, 0.2) is 36.7 Å². The van der Waals surface area contributed by atoms with Gasteiger partial charge < -0.3 is 20.4 Å². The lowest BCUT2D eigenvalue weighted by molar-refractivity contribution is 0.399. The first-order valence-electron chi connectivity index (χ1n) is 10.6. The van der Waals surface area contributed by atoms with Crippen molar-refractivity contribution < 1.29 is 4.74 Å². The molecule has 3 aromatic heterocycles.